The number of nitriles is 1. The van der Waals surface area contributed by atoms with E-state index in [9.17, 15) is 0 Å². The summed E-state index contributed by atoms with van der Waals surface area (Å²) in [6.07, 6.45) is 3.43. The highest BCUT2D eigenvalue weighted by Gasteiger charge is 2.06. The first-order chi connectivity index (χ1) is 7.69. The van der Waals surface area contributed by atoms with Crippen LogP contribution in [0.15, 0.2) is 22.7 Å². The van der Waals surface area contributed by atoms with Crippen LogP contribution in [0.1, 0.15) is 38.7 Å². The van der Waals surface area contributed by atoms with E-state index in [4.69, 9.17) is 5.26 Å². The highest BCUT2D eigenvalue weighted by molar-refractivity contribution is 9.10. The van der Waals surface area contributed by atoms with Crippen molar-refractivity contribution in [3.8, 4) is 6.07 Å². The van der Waals surface area contributed by atoms with E-state index in [0.29, 0.717) is 11.6 Å². The monoisotopic (exact) mass is 280 g/mol. The zero-order chi connectivity index (χ0) is 12.0. The van der Waals surface area contributed by atoms with E-state index >= 15 is 0 Å². The van der Waals surface area contributed by atoms with Crippen molar-refractivity contribution in [2.75, 3.05) is 5.32 Å². The predicted molar refractivity (Wildman–Crippen MR) is 71.5 cm³/mol. The number of rotatable bonds is 5. The van der Waals surface area contributed by atoms with Crippen LogP contribution in [0.4, 0.5) is 5.69 Å². The SMILES string of the molecule is CCCC(CC)Nc1cc(Br)cc(C#N)c1. The van der Waals surface area contributed by atoms with Crippen LogP contribution in [-0.4, -0.2) is 6.04 Å². The molecule has 0 aromatic heterocycles. The van der Waals surface area contributed by atoms with E-state index in [2.05, 4.69) is 41.2 Å². The summed E-state index contributed by atoms with van der Waals surface area (Å²) < 4.78 is 0.945. The van der Waals surface area contributed by atoms with Gasteiger partial charge in [-0.2, -0.15) is 5.26 Å². The molecule has 1 N–H and O–H groups in total. The fraction of sp³-hybridized carbons (Fsp3) is 0.462. The fourth-order valence-corrected chi connectivity index (χ4v) is 2.19. The molecule has 0 amide bonds. The molecule has 86 valence electrons. The summed E-state index contributed by atoms with van der Waals surface area (Å²) in [5, 5.41) is 12.3. The number of hydrogen-bond donors (Lipinski definition) is 1. The largest absolute Gasteiger partial charge is 0.382 e. The van der Waals surface area contributed by atoms with Gasteiger partial charge in [0.1, 0.15) is 0 Å². The lowest BCUT2D eigenvalue weighted by molar-refractivity contribution is 0.623. The topological polar surface area (TPSA) is 35.8 Å². The van der Waals surface area contributed by atoms with Crippen molar-refractivity contribution in [3.63, 3.8) is 0 Å². The summed E-state index contributed by atoms with van der Waals surface area (Å²) in [5.41, 5.74) is 1.70. The van der Waals surface area contributed by atoms with Crippen LogP contribution < -0.4 is 5.32 Å². The Morgan fingerprint density at radius 1 is 1.38 bits per heavy atom. The molecular formula is C13H17BrN2. The van der Waals surface area contributed by atoms with Crippen molar-refractivity contribution in [3.05, 3.63) is 28.2 Å². The fourth-order valence-electron chi connectivity index (χ4n) is 1.70. The Kier molecular flexibility index (Phi) is 5.34. The first-order valence-electron chi connectivity index (χ1n) is 5.66. The molecule has 0 heterocycles. The van der Waals surface area contributed by atoms with Gasteiger partial charge in [-0.05, 0) is 31.0 Å². The van der Waals surface area contributed by atoms with Crippen LogP contribution in [0.2, 0.25) is 0 Å². The van der Waals surface area contributed by atoms with Crippen molar-refractivity contribution in [2.24, 2.45) is 0 Å². The van der Waals surface area contributed by atoms with Crippen molar-refractivity contribution < 1.29 is 0 Å². The van der Waals surface area contributed by atoms with E-state index in [-0.39, 0.29) is 0 Å². The Morgan fingerprint density at radius 3 is 2.69 bits per heavy atom. The zero-order valence-electron chi connectivity index (χ0n) is 9.76. The summed E-state index contributed by atoms with van der Waals surface area (Å²) in [7, 11) is 0. The van der Waals surface area contributed by atoms with Crippen LogP contribution in [0, 0.1) is 11.3 Å². The quantitative estimate of drug-likeness (QED) is 0.872. The molecule has 0 saturated heterocycles. The minimum atomic E-state index is 0.492. The standard InChI is InChI=1S/C13H17BrN2/c1-3-5-12(4-2)16-13-7-10(9-15)6-11(14)8-13/h6-8,12,16H,3-5H2,1-2H3. The maximum atomic E-state index is 8.88. The van der Waals surface area contributed by atoms with Gasteiger partial charge in [-0.3, -0.25) is 0 Å². The maximum Gasteiger partial charge on any atom is 0.0992 e. The molecule has 1 aromatic carbocycles. The Balaban J connectivity index is 2.80. The second kappa shape index (κ2) is 6.55. The van der Waals surface area contributed by atoms with Gasteiger partial charge in [-0.1, -0.05) is 36.2 Å². The first kappa shape index (κ1) is 13.1. The lowest BCUT2D eigenvalue weighted by Crippen LogP contribution is -2.17. The van der Waals surface area contributed by atoms with Crippen molar-refractivity contribution >= 4 is 21.6 Å². The number of benzene rings is 1. The highest BCUT2D eigenvalue weighted by Crippen LogP contribution is 2.21. The Labute approximate surface area is 106 Å². The molecule has 0 aliphatic carbocycles. The molecule has 0 spiro atoms. The van der Waals surface area contributed by atoms with Crippen LogP contribution in [0.5, 0.6) is 0 Å². The molecule has 0 saturated carbocycles. The molecule has 0 bridgehead atoms. The second-order valence-corrected chi connectivity index (χ2v) is 4.79. The molecule has 3 heteroatoms. The number of halogens is 1. The van der Waals surface area contributed by atoms with Crippen molar-refractivity contribution in [1.82, 2.24) is 0 Å². The van der Waals surface area contributed by atoms with E-state index in [0.717, 1.165) is 23.0 Å². The maximum absolute atomic E-state index is 8.88. The number of nitrogens with one attached hydrogen (secondary N) is 1. The minimum absolute atomic E-state index is 0.492. The molecule has 2 nitrogen and oxygen atoms in total. The summed E-state index contributed by atoms with van der Waals surface area (Å²) in [4.78, 5) is 0. The lowest BCUT2D eigenvalue weighted by Gasteiger charge is -2.17. The van der Waals surface area contributed by atoms with Gasteiger partial charge in [0.15, 0.2) is 0 Å². The minimum Gasteiger partial charge on any atom is -0.382 e. The molecule has 0 radical (unpaired) electrons. The van der Waals surface area contributed by atoms with Gasteiger partial charge in [0, 0.05) is 16.2 Å². The smallest absolute Gasteiger partial charge is 0.0992 e. The Morgan fingerprint density at radius 2 is 2.12 bits per heavy atom. The van der Waals surface area contributed by atoms with E-state index in [1.165, 1.54) is 6.42 Å². The van der Waals surface area contributed by atoms with Gasteiger partial charge in [0.05, 0.1) is 11.6 Å². The number of nitrogens with zero attached hydrogens (tertiary/aromatic N) is 1. The molecule has 1 unspecified atom stereocenters. The molecule has 1 atom stereocenters. The molecule has 1 rings (SSSR count). The Hall–Kier alpha value is -1.01. The van der Waals surface area contributed by atoms with Crippen LogP contribution in [0.3, 0.4) is 0 Å². The average Bonchev–Trinajstić information content (AvgIpc) is 2.27. The third-order valence-electron chi connectivity index (χ3n) is 2.53. The number of anilines is 1. The van der Waals surface area contributed by atoms with Crippen molar-refractivity contribution in [2.45, 2.75) is 39.2 Å². The van der Waals surface area contributed by atoms with Gasteiger partial charge in [-0.25, -0.2) is 0 Å². The third-order valence-corrected chi connectivity index (χ3v) is 2.99. The predicted octanol–water partition coefficient (Wildman–Crippen LogP) is 4.31. The summed E-state index contributed by atoms with van der Waals surface area (Å²) in [6, 6.07) is 8.38. The van der Waals surface area contributed by atoms with E-state index in [1.807, 2.05) is 18.2 Å². The van der Waals surface area contributed by atoms with Gasteiger partial charge < -0.3 is 5.32 Å². The molecular weight excluding hydrogens is 264 g/mol. The average molecular weight is 281 g/mol. The molecule has 0 fully saturated rings. The second-order valence-electron chi connectivity index (χ2n) is 3.88. The summed E-state index contributed by atoms with van der Waals surface area (Å²) in [5.74, 6) is 0. The first-order valence-corrected chi connectivity index (χ1v) is 6.46. The third kappa shape index (κ3) is 3.86. The highest BCUT2D eigenvalue weighted by atomic mass is 79.9. The Bertz CT molecular complexity index is 382. The van der Waals surface area contributed by atoms with Gasteiger partial charge in [0.2, 0.25) is 0 Å². The van der Waals surface area contributed by atoms with E-state index in [1.54, 1.807) is 0 Å². The zero-order valence-corrected chi connectivity index (χ0v) is 11.3. The molecule has 1 aromatic rings. The lowest BCUT2D eigenvalue weighted by atomic mass is 10.1. The van der Waals surface area contributed by atoms with Gasteiger partial charge >= 0.3 is 0 Å². The van der Waals surface area contributed by atoms with Gasteiger partial charge in [0.25, 0.3) is 0 Å². The van der Waals surface area contributed by atoms with Gasteiger partial charge in [-0.15, -0.1) is 0 Å². The molecule has 16 heavy (non-hydrogen) atoms. The molecule has 0 aliphatic heterocycles. The van der Waals surface area contributed by atoms with Crippen LogP contribution >= 0.6 is 15.9 Å². The number of hydrogen-bond acceptors (Lipinski definition) is 2. The molecule has 0 aliphatic rings. The summed E-state index contributed by atoms with van der Waals surface area (Å²) >= 11 is 3.41. The van der Waals surface area contributed by atoms with Crippen molar-refractivity contribution in [1.29, 1.82) is 5.26 Å². The van der Waals surface area contributed by atoms with E-state index < -0.39 is 0 Å². The van der Waals surface area contributed by atoms with Crippen LogP contribution in [0.25, 0.3) is 0 Å². The summed E-state index contributed by atoms with van der Waals surface area (Å²) in [6.45, 7) is 4.36. The normalized spacial score (nSPS) is 11.9. The van der Waals surface area contributed by atoms with Crippen LogP contribution in [-0.2, 0) is 0 Å².